The van der Waals surface area contributed by atoms with Crippen molar-refractivity contribution in [2.45, 2.75) is 38.9 Å². The zero-order valence-corrected chi connectivity index (χ0v) is 5.30. The molecule has 0 spiro atoms. The number of rotatable bonds is 4. The van der Waals surface area contributed by atoms with E-state index in [0.29, 0.717) is 6.42 Å². The van der Waals surface area contributed by atoms with Crippen LogP contribution in [-0.2, 0) is 0 Å². The molecule has 0 heterocycles. The third kappa shape index (κ3) is 16.5. The van der Waals surface area contributed by atoms with Gasteiger partial charge in [0, 0.05) is 0 Å². The van der Waals surface area contributed by atoms with Crippen LogP contribution in [0, 0.1) is 0 Å². The first-order valence-electron chi connectivity index (χ1n) is 3.13. The Hall–Kier alpha value is 1.92. The molecular formula is C6H16Na2O2. The maximum atomic E-state index is 8.33. The predicted octanol–water partition coefficient (Wildman–Crippen LogP) is -0.420. The molecule has 0 rings (SSSR count). The van der Waals surface area contributed by atoms with Crippen LogP contribution in [0.25, 0.3) is 0 Å². The van der Waals surface area contributed by atoms with Crippen LogP contribution in [0.3, 0.4) is 0 Å². The molecule has 0 radical (unpaired) electrons. The van der Waals surface area contributed by atoms with Crippen LogP contribution in [0.15, 0.2) is 0 Å². The Morgan fingerprint density at radius 2 is 1.60 bits per heavy atom. The van der Waals surface area contributed by atoms with Gasteiger partial charge in [-0.3, -0.25) is 0 Å². The Morgan fingerprint density at radius 1 is 1.10 bits per heavy atom. The standard InChI is InChI=1S/C6H14O2.2Na.2H/c1-2-3-4-5-6(7)8;;;;/h6-8H,2-5H2,1H3;;;;. The molecule has 4 heteroatoms. The summed E-state index contributed by atoms with van der Waals surface area (Å²) in [6.07, 6.45) is 2.58. The number of unbranched alkanes of at least 4 members (excludes halogenated alkanes) is 2. The van der Waals surface area contributed by atoms with Crippen LogP contribution in [0.5, 0.6) is 0 Å². The fourth-order valence-electron chi connectivity index (χ4n) is 0.577. The SMILES string of the molecule is CCCCCC(O)O.[NaH].[NaH]. The Labute approximate surface area is 107 Å². The van der Waals surface area contributed by atoms with Crippen LogP contribution in [0.2, 0.25) is 0 Å². The van der Waals surface area contributed by atoms with Gasteiger partial charge in [0.25, 0.3) is 0 Å². The number of aliphatic hydroxyl groups excluding tert-OH is 1. The molecular weight excluding hydrogens is 150 g/mol. The van der Waals surface area contributed by atoms with E-state index in [2.05, 4.69) is 6.92 Å². The van der Waals surface area contributed by atoms with E-state index in [1.165, 1.54) is 0 Å². The summed E-state index contributed by atoms with van der Waals surface area (Å²) in [5, 5.41) is 16.7. The topological polar surface area (TPSA) is 40.5 Å². The Balaban J connectivity index is -0.000000245. The minimum absolute atomic E-state index is 0. The monoisotopic (exact) mass is 166 g/mol. The van der Waals surface area contributed by atoms with Crippen molar-refractivity contribution in [1.82, 2.24) is 0 Å². The fraction of sp³-hybridized carbons (Fsp3) is 1.00. The van der Waals surface area contributed by atoms with Gasteiger partial charge in [-0.25, -0.2) is 0 Å². The Kier molecular flexibility index (Phi) is 24.1. The zero-order valence-electron chi connectivity index (χ0n) is 5.30. The molecule has 0 aromatic heterocycles. The van der Waals surface area contributed by atoms with Crippen molar-refractivity contribution < 1.29 is 10.2 Å². The Morgan fingerprint density at radius 3 is 1.90 bits per heavy atom. The van der Waals surface area contributed by atoms with Gasteiger partial charge in [0.05, 0.1) is 0 Å². The Bertz CT molecular complexity index is 51.0. The molecule has 54 valence electrons. The molecule has 0 saturated heterocycles. The van der Waals surface area contributed by atoms with Gasteiger partial charge in [-0.1, -0.05) is 19.8 Å². The second-order valence-electron chi connectivity index (χ2n) is 1.98. The molecule has 0 aliphatic heterocycles. The van der Waals surface area contributed by atoms with Crippen molar-refractivity contribution >= 4 is 59.1 Å². The van der Waals surface area contributed by atoms with Gasteiger partial charge < -0.3 is 10.2 Å². The molecule has 2 nitrogen and oxygen atoms in total. The normalized spacial score (nSPS) is 8.40. The van der Waals surface area contributed by atoms with Crippen LogP contribution in [0.1, 0.15) is 32.6 Å². The van der Waals surface area contributed by atoms with Crippen molar-refractivity contribution in [3.8, 4) is 0 Å². The van der Waals surface area contributed by atoms with Crippen molar-refractivity contribution in [1.29, 1.82) is 0 Å². The first kappa shape index (κ1) is 17.9. The van der Waals surface area contributed by atoms with Gasteiger partial charge in [0.1, 0.15) is 0 Å². The van der Waals surface area contributed by atoms with Crippen molar-refractivity contribution in [2.75, 3.05) is 0 Å². The third-order valence-corrected chi connectivity index (χ3v) is 1.07. The van der Waals surface area contributed by atoms with Crippen LogP contribution < -0.4 is 0 Å². The molecule has 0 aromatic carbocycles. The first-order chi connectivity index (χ1) is 3.77. The maximum absolute atomic E-state index is 8.33. The fourth-order valence-corrected chi connectivity index (χ4v) is 0.577. The van der Waals surface area contributed by atoms with Crippen molar-refractivity contribution in [2.24, 2.45) is 0 Å². The minimum atomic E-state index is -1.10. The molecule has 0 saturated carbocycles. The summed E-state index contributed by atoms with van der Waals surface area (Å²) in [4.78, 5) is 0. The molecule has 2 N–H and O–H groups in total. The summed E-state index contributed by atoms with van der Waals surface area (Å²) in [7, 11) is 0. The average Bonchev–Trinajstić information content (AvgIpc) is 1.66. The second-order valence-corrected chi connectivity index (χ2v) is 1.98. The molecule has 0 aliphatic carbocycles. The zero-order chi connectivity index (χ0) is 6.41. The molecule has 0 atom stereocenters. The summed E-state index contributed by atoms with van der Waals surface area (Å²) in [5.74, 6) is 0. The summed E-state index contributed by atoms with van der Waals surface area (Å²) in [6, 6.07) is 0. The van der Waals surface area contributed by atoms with Crippen molar-refractivity contribution in [3.63, 3.8) is 0 Å². The number of hydrogen-bond acceptors (Lipinski definition) is 2. The average molecular weight is 166 g/mol. The molecule has 0 aliphatic rings. The second kappa shape index (κ2) is 13.5. The van der Waals surface area contributed by atoms with E-state index in [9.17, 15) is 0 Å². The van der Waals surface area contributed by atoms with Gasteiger partial charge >= 0.3 is 59.1 Å². The van der Waals surface area contributed by atoms with Crippen molar-refractivity contribution in [3.05, 3.63) is 0 Å². The van der Waals surface area contributed by atoms with E-state index in [1.807, 2.05) is 0 Å². The van der Waals surface area contributed by atoms with E-state index < -0.39 is 6.29 Å². The van der Waals surface area contributed by atoms with Crippen LogP contribution in [-0.4, -0.2) is 75.6 Å². The van der Waals surface area contributed by atoms with Gasteiger partial charge in [-0.2, -0.15) is 0 Å². The molecule has 0 unspecified atom stereocenters. The molecule has 10 heavy (non-hydrogen) atoms. The molecule has 0 aromatic rings. The van der Waals surface area contributed by atoms with Gasteiger partial charge in [-0.05, 0) is 12.8 Å². The van der Waals surface area contributed by atoms with E-state index in [4.69, 9.17) is 10.2 Å². The van der Waals surface area contributed by atoms with Gasteiger partial charge in [0.2, 0.25) is 0 Å². The van der Waals surface area contributed by atoms with E-state index in [-0.39, 0.29) is 59.1 Å². The molecule has 0 bridgehead atoms. The molecule has 0 fully saturated rings. The van der Waals surface area contributed by atoms with E-state index in [0.717, 1.165) is 19.3 Å². The first-order valence-corrected chi connectivity index (χ1v) is 3.13. The number of aliphatic hydroxyl groups is 2. The summed E-state index contributed by atoms with van der Waals surface area (Å²) in [5.41, 5.74) is 0. The third-order valence-electron chi connectivity index (χ3n) is 1.07. The van der Waals surface area contributed by atoms with Crippen LogP contribution in [0.4, 0.5) is 0 Å². The van der Waals surface area contributed by atoms with E-state index >= 15 is 0 Å². The summed E-state index contributed by atoms with van der Waals surface area (Å²) >= 11 is 0. The van der Waals surface area contributed by atoms with E-state index in [1.54, 1.807) is 0 Å². The predicted molar refractivity (Wildman–Crippen MR) is 46.7 cm³/mol. The molecule has 0 amide bonds. The summed E-state index contributed by atoms with van der Waals surface area (Å²) in [6.45, 7) is 2.09. The number of hydrogen-bond donors (Lipinski definition) is 2. The van der Waals surface area contributed by atoms with Gasteiger partial charge in [-0.15, -0.1) is 0 Å². The summed E-state index contributed by atoms with van der Waals surface area (Å²) < 4.78 is 0. The quantitative estimate of drug-likeness (QED) is 0.338. The van der Waals surface area contributed by atoms with Gasteiger partial charge in [0.15, 0.2) is 6.29 Å². The van der Waals surface area contributed by atoms with Crippen LogP contribution >= 0.6 is 0 Å².